The summed E-state index contributed by atoms with van der Waals surface area (Å²) in [4.78, 5) is 10.5. The number of aliphatic carboxylic acids is 1. The molecule has 88 valence electrons. The second-order valence-corrected chi connectivity index (χ2v) is 5.02. The molecule has 7 heteroatoms. The maximum Gasteiger partial charge on any atom is 0.324 e. The standard InChI is InChI=1S/C9H10FNO4S/c1-16(14,15)11(6-9(12)13)8-5-3-2-4-7(8)10/h2-5H,6H2,1H3,(H,12,13). The number of sulfonamides is 1. The number of hydrogen-bond acceptors (Lipinski definition) is 3. The Morgan fingerprint density at radius 3 is 2.44 bits per heavy atom. The molecular formula is C9H10FNO4S. The molecule has 1 aromatic carbocycles. The van der Waals surface area contributed by atoms with Crippen LogP contribution in [-0.4, -0.2) is 32.3 Å². The topological polar surface area (TPSA) is 74.7 Å². The van der Waals surface area contributed by atoms with E-state index in [2.05, 4.69) is 0 Å². The number of carboxylic acid groups (broad SMARTS) is 1. The van der Waals surface area contributed by atoms with Gasteiger partial charge in [0, 0.05) is 0 Å². The third-order valence-electron chi connectivity index (χ3n) is 1.80. The summed E-state index contributed by atoms with van der Waals surface area (Å²) in [6.07, 6.45) is 0.822. The van der Waals surface area contributed by atoms with E-state index in [1.807, 2.05) is 0 Å². The van der Waals surface area contributed by atoms with Gasteiger partial charge in [0.2, 0.25) is 10.0 Å². The fourth-order valence-corrected chi connectivity index (χ4v) is 2.01. The second-order valence-electron chi connectivity index (χ2n) is 3.11. The number of hydrogen-bond donors (Lipinski definition) is 1. The van der Waals surface area contributed by atoms with Gasteiger partial charge in [-0.1, -0.05) is 12.1 Å². The maximum atomic E-state index is 13.3. The predicted octanol–water partition coefficient (Wildman–Crippen LogP) is 0.676. The maximum absolute atomic E-state index is 13.3. The first-order valence-corrected chi connectivity index (χ1v) is 6.11. The molecule has 0 atom stereocenters. The first kappa shape index (κ1) is 12.4. The molecule has 0 unspecified atom stereocenters. The molecule has 1 rings (SSSR count). The summed E-state index contributed by atoms with van der Waals surface area (Å²) in [5, 5.41) is 8.57. The Labute approximate surface area is 92.2 Å². The van der Waals surface area contributed by atoms with Crippen LogP contribution in [0, 0.1) is 5.82 Å². The Morgan fingerprint density at radius 1 is 1.44 bits per heavy atom. The minimum atomic E-state index is -3.82. The molecule has 0 saturated carbocycles. The number of carbonyl (C=O) groups is 1. The van der Waals surface area contributed by atoms with E-state index in [0.29, 0.717) is 4.31 Å². The minimum Gasteiger partial charge on any atom is -0.480 e. The Hall–Kier alpha value is -1.63. The molecule has 0 aromatic heterocycles. The van der Waals surface area contributed by atoms with E-state index in [-0.39, 0.29) is 5.69 Å². The van der Waals surface area contributed by atoms with Crippen molar-refractivity contribution in [1.82, 2.24) is 0 Å². The number of halogens is 1. The zero-order chi connectivity index (χ0) is 12.3. The highest BCUT2D eigenvalue weighted by molar-refractivity contribution is 7.92. The van der Waals surface area contributed by atoms with Crippen LogP contribution >= 0.6 is 0 Å². The van der Waals surface area contributed by atoms with Crippen molar-refractivity contribution in [3.8, 4) is 0 Å². The minimum absolute atomic E-state index is 0.271. The molecule has 1 N–H and O–H groups in total. The van der Waals surface area contributed by atoms with E-state index in [1.165, 1.54) is 18.2 Å². The molecular weight excluding hydrogens is 237 g/mol. The molecule has 0 aliphatic carbocycles. The van der Waals surface area contributed by atoms with Crippen molar-refractivity contribution < 1.29 is 22.7 Å². The molecule has 1 aromatic rings. The van der Waals surface area contributed by atoms with E-state index in [0.717, 1.165) is 12.3 Å². The predicted molar refractivity (Wildman–Crippen MR) is 56.2 cm³/mol. The molecule has 0 radical (unpaired) electrons. The lowest BCUT2D eigenvalue weighted by atomic mass is 10.3. The number of anilines is 1. The van der Waals surface area contributed by atoms with Crippen molar-refractivity contribution in [3.05, 3.63) is 30.1 Å². The highest BCUT2D eigenvalue weighted by Gasteiger charge is 2.22. The van der Waals surface area contributed by atoms with Crippen LogP contribution in [0.25, 0.3) is 0 Å². The SMILES string of the molecule is CS(=O)(=O)N(CC(=O)O)c1ccccc1F. The summed E-state index contributed by atoms with van der Waals surface area (Å²) in [6.45, 7) is -0.806. The van der Waals surface area contributed by atoms with Gasteiger partial charge in [-0.2, -0.15) is 0 Å². The third kappa shape index (κ3) is 2.93. The van der Waals surface area contributed by atoms with Gasteiger partial charge in [0.05, 0.1) is 11.9 Å². The highest BCUT2D eigenvalue weighted by Crippen LogP contribution is 2.20. The van der Waals surface area contributed by atoms with Crippen molar-refractivity contribution in [3.63, 3.8) is 0 Å². The van der Waals surface area contributed by atoms with Crippen LogP contribution in [0.3, 0.4) is 0 Å². The van der Waals surface area contributed by atoms with Crippen molar-refractivity contribution in [2.75, 3.05) is 17.1 Å². The van der Waals surface area contributed by atoms with Crippen LogP contribution < -0.4 is 4.31 Å². The van der Waals surface area contributed by atoms with E-state index in [9.17, 15) is 17.6 Å². The Bertz CT molecular complexity index is 500. The van der Waals surface area contributed by atoms with Crippen LogP contribution in [0.1, 0.15) is 0 Å². The molecule has 0 saturated heterocycles. The van der Waals surface area contributed by atoms with Gasteiger partial charge < -0.3 is 5.11 Å². The molecule has 0 fully saturated rings. The molecule has 0 aliphatic rings. The van der Waals surface area contributed by atoms with Gasteiger partial charge >= 0.3 is 5.97 Å². The molecule has 0 spiro atoms. The smallest absolute Gasteiger partial charge is 0.324 e. The molecule has 16 heavy (non-hydrogen) atoms. The quantitative estimate of drug-likeness (QED) is 0.848. The second kappa shape index (κ2) is 4.48. The largest absolute Gasteiger partial charge is 0.480 e. The summed E-state index contributed by atoms with van der Waals surface area (Å²) in [5.74, 6) is -2.14. The third-order valence-corrected chi connectivity index (χ3v) is 2.93. The first-order chi connectivity index (χ1) is 7.32. The van der Waals surface area contributed by atoms with E-state index in [4.69, 9.17) is 5.11 Å². The summed E-state index contributed by atoms with van der Waals surface area (Å²) in [6, 6.07) is 5.09. The van der Waals surface area contributed by atoms with Gasteiger partial charge in [-0.25, -0.2) is 12.8 Å². The van der Waals surface area contributed by atoms with Crippen LogP contribution in [0.5, 0.6) is 0 Å². The van der Waals surface area contributed by atoms with Gasteiger partial charge in [0.1, 0.15) is 12.4 Å². The van der Waals surface area contributed by atoms with E-state index >= 15 is 0 Å². The lowest BCUT2D eigenvalue weighted by Crippen LogP contribution is -2.35. The Balaban J connectivity index is 3.22. The average Bonchev–Trinajstić information content (AvgIpc) is 2.13. The van der Waals surface area contributed by atoms with Crippen molar-refractivity contribution in [2.24, 2.45) is 0 Å². The summed E-state index contributed by atoms with van der Waals surface area (Å²) >= 11 is 0. The van der Waals surface area contributed by atoms with Gasteiger partial charge in [-0.3, -0.25) is 9.10 Å². The van der Waals surface area contributed by atoms with Gasteiger partial charge in [-0.15, -0.1) is 0 Å². The van der Waals surface area contributed by atoms with Gasteiger partial charge in [0.25, 0.3) is 0 Å². The van der Waals surface area contributed by atoms with Crippen LogP contribution in [0.2, 0.25) is 0 Å². The normalized spacial score (nSPS) is 11.1. The fraction of sp³-hybridized carbons (Fsp3) is 0.222. The molecule has 0 bridgehead atoms. The van der Waals surface area contributed by atoms with Gasteiger partial charge in [-0.05, 0) is 12.1 Å². The molecule has 0 heterocycles. The van der Waals surface area contributed by atoms with Gasteiger partial charge in [0.15, 0.2) is 0 Å². The van der Waals surface area contributed by atoms with Crippen LogP contribution in [-0.2, 0) is 14.8 Å². The summed E-state index contributed by atoms with van der Waals surface area (Å²) in [5.41, 5.74) is -0.271. The highest BCUT2D eigenvalue weighted by atomic mass is 32.2. The number of benzene rings is 1. The summed E-state index contributed by atoms with van der Waals surface area (Å²) < 4.78 is 36.5. The Morgan fingerprint density at radius 2 is 2.00 bits per heavy atom. The number of para-hydroxylation sites is 1. The number of rotatable bonds is 4. The van der Waals surface area contributed by atoms with E-state index < -0.39 is 28.4 Å². The van der Waals surface area contributed by atoms with Crippen LogP contribution in [0.15, 0.2) is 24.3 Å². The molecule has 5 nitrogen and oxygen atoms in total. The zero-order valence-corrected chi connectivity index (χ0v) is 9.24. The molecule has 0 amide bonds. The number of nitrogens with zero attached hydrogens (tertiary/aromatic N) is 1. The summed E-state index contributed by atoms with van der Waals surface area (Å²) in [7, 11) is -3.82. The van der Waals surface area contributed by atoms with Crippen LogP contribution in [0.4, 0.5) is 10.1 Å². The van der Waals surface area contributed by atoms with Crippen molar-refractivity contribution in [1.29, 1.82) is 0 Å². The van der Waals surface area contributed by atoms with E-state index in [1.54, 1.807) is 0 Å². The number of carboxylic acids is 1. The lowest BCUT2D eigenvalue weighted by Gasteiger charge is -2.20. The van der Waals surface area contributed by atoms with Crippen molar-refractivity contribution in [2.45, 2.75) is 0 Å². The monoisotopic (exact) mass is 247 g/mol. The first-order valence-electron chi connectivity index (χ1n) is 4.26. The molecule has 0 aliphatic heterocycles. The Kier molecular flexibility index (Phi) is 3.48. The van der Waals surface area contributed by atoms with Crippen molar-refractivity contribution >= 4 is 21.7 Å². The fourth-order valence-electron chi connectivity index (χ4n) is 1.16. The zero-order valence-electron chi connectivity index (χ0n) is 8.42. The average molecular weight is 247 g/mol. The lowest BCUT2D eigenvalue weighted by molar-refractivity contribution is -0.135.